The average Bonchev–Trinajstić information content (AvgIpc) is 2.46. The molecule has 0 fully saturated rings. The largest absolute Gasteiger partial charge is 0.508 e. The Balaban J connectivity index is 2.05. The van der Waals surface area contributed by atoms with Crippen molar-refractivity contribution in [2.24, 2.45) is 0 Å². The van der Waals surface area contributed by atoms with Crippen molar-refractivity contribution in [3.05, 3.63) is 51.6 Å². The monoisotopic (exact) mass is 320 g/mol. The molecule has 1 aliphatic rings. The molecule has 2 atom stereocenters. The number of phenolic OH excluding ortho intramolecular Hbond substituents is 2. The zero-order valence-corrected chi connectivity index (χ0v) is 11.6. The number of carboxylic acid groups (broad SMARTS) is 1. The fourth-order valence-corrected chi connectivity index (χ4v) is 2.51. The van der Waals surface area contributed by atoms with Gasteiger partial charge in [-0.2, -0.15) is 0 Å². The average molecular weight is 320 g/mol. The molecule has 0 radical (unpaired) electrons. The van der Waals surface area contributed by atoms with Crippen LogP contribution < -0.4 is 10.4 Å². The first-order valence-electron chi connectivity index (χ1n) is 6.63. The summed E-state index contributed by atoms with van der Waals surface area (Å²) in [6, 6.07) is 4.49. The number of aromatic hydroxyl groups is 2. The number of hydrogen-bond acceptors (Lipinski definition) is 7. The molecule has 0 aliphatic carbocycles. The Morgan fingerprint density at radius 1 is 1.17 bits per heavy atom. The number of ether oxygens (including phenoxy) is 1. The van der Waals surface area contributed by atoms with Crippen LogP contribution in [-0.4, -0.2) is 32.5 Å². The molecule has 3 rings (SSSR count). The van der Waals surface area contributed by atoms with Crippen molar-refractivity contribution in [3.63, 3.8) is 0 Å². The molecule has 8 heteroatoms. The first kappa shape index (κ1) is 14.9. The molecule has 1 aliphatic heterocycles. The van der Waals surface area contributed by atoms with E-state index in [0.717, 1.165) is 18.2 Å². The highest BCUT2D eigenvalue weighted by Gasteiger charge is 2.33. The number of carboxylic acids is 1. The standard InChI is InChI=1S/C15H12O8/c16-7-3-9(17)8-5-10(18)14(23-11(8)4-7)6-1-12(15(20)21)22-13(19)2-6/h1-4,10,14,16-18H,5H2,(H,20,21)/t10-,14-/m1/s1. The second kappa shape index (κ2) is 5.33. The Kier molecular flexibility index (Phi) is 3.45. The van der Waals surface area contributed by atoms with Gasteiger partial charge in [0, 0.05) is 35.7 Å². The first-order valence-corrected chi connectivity index (χ1v) is 6.63. The predicted octanol–water partition coefficient (Wildman–Crippen LogP) is 0.786. The summed E-state index contributed by atoms with van der Waals surface area (Å²) in [7, 11) is 0. The number of aliphatic hydroxyl groups is 1. The van der Waals surface area contributed by atoms with Gasteiger partial charge in [-0.1, -0.05) is 0 Å². The molecule has 0 spiro atoms. The minimum atomic E-state index is -1.43. The third kappa shape index (κ3) is 2.71. The van der Waals surface area contributed by atoms with Crippen molar-refractivity contribution in [2.45, 2.75) is 18.6 Å². The summed E-state index contributed by atoms with van der Waals surface area (Å²) in [5, 5.41) is 38.4. The molecule has 0 unspecified atom stereocenters. The number of hydrogen-bond donors (Lipinski definition) is 4. The molecule has 0 saturated carbocycles. The van der Waals surface area contributed by atoms with Gasteiger partial charge in [-0.15, -0.1) is 0 Å². The minimum Gasteiger partial charge on any atom is -0.508 e. The highest BCUT2D eigenvalue weighted by atomic mass is 16.5. The Hall–Kier alpha value is -3.00. The van der Waals surface area contributed by atoms with Crippen LogP contribution in [0.4, 0.5) is 0 Å². The van der Waals surface area contributed by atoms with Crippen LogP contribution in [0.1, 0.15) is 27.8 Å². The van der Waals surface area contributed by atoms with Gasteiger partial charge in [0.15, 0.2) is 6.10 Å². The first-order chi connectivity index (χ1) is 10.8. The lowest BCUT2D eigenvalue weighted by Gasteiger charge is -2.31. The van der Waals surface area contributed by atoms with Crippen LogP contribution >= 0.6 is 0 Å². The SMILES string of the molecule is O=C(O)c1cc([C@H]2Oc3cc(O)cc(O)c3C[C@H]2O)cc(=O)o1. The molecule has 2 aromatic rings. The second-order valence-corrected chi connectivity index (χ2v) is 5.13. The lowest BCUT2D eigenvalue weighted by molar-refractivity contribution is 0.0192. The molecule has 1 aromatic carbocycles. The van der Waals surface area contributed by atoms with Gasteiger partial charge in [0.25, 0.3) is 0 Å². The zero-order chi connectivity index (χ0) is 16.7. The number of aliphatic hydroxyl groups excluding tert-OH is 1. The van der Waals surface area contributed by atoms with Crippen LogP contribution in [0.5, 0.6) is 17.2 Å². The number of phenols is 2. The van der Waals surface area contributed by atoms with Crippen molar-refractivity contribution in [1.29, 1.82) is 0 Å². The van der Waals surface area contributed by atoms with Gasteiger partial charge in [0.2, 0.25) is 5.76 Å². The third-order valence-corrected chi connectivity index (χ3v) is 3.52. The third-order valence-electron chi connectivity index (χ3n) is 3.52. The number of aromatic carboxylic acids is 1. The molecule has 1 aromatic heterocycles. The molecule has 0 amide bonds. The highest BCUT2D eigenvalue weighted by molar-refractivity contribution is 5.84. The maximum absolute atomic E-state index is 11.5. The summed E-state index contributed by atoms with van der Waals surface area (Å²) in [6.45, 7) is 0. The molecule has 0 saturated heterocycles. The molecule has 8 nitrogen and oxygen atoms in total. The van der Waals surface area contributed by atoms with Crippen molar-refractivity contribution in [3.8, 4) is 17.2 Å². The number of fused-ring (bicyclic) bond motifs is 1. The number of carbonyl (C=O) groups is 1. The summed E-state index contributed by atoms with van der Waals surface area (Å²) in [4.78, 5) is 22.4. The van der Waals surface area contributed by atoms with E-state index in [1.807, 2.05) is 0 Å². The summed E-state index contributed by atoms with van der Waals surface area (Å²) in [6.07, 6.45) is -2.15. The van der Waals surface area contributed by atoms with E-state index in [2.05, 4.69) is 4.42 Å². The van der Waals surface area contributed by atoms with E-state index in [4.69, 9.17) is 9.84 Å². The Bertz CT molecular complexity index is 838. The smallest absolute Gasteiger partial charge is 0.371 e. The lowest BCUT2D eigenvalue weighted by Crippen LogP contribution is -2.31. The van der Waals surface area contributed by atoms with Gasteiger partial charge >= 0.3 is 11.6 Å². The number of benzene rings is 1. The van der Waals surface area contributed by atoms with Gasteiger partial charge in [-0.25, -0.2) is 9.59 Å². The quantitative estimate of drug-likeness (QED) is 0.637. The Labute approximate surface area is 128 Å². The van der Waals surface area contributed by atoms with Gasteiger partial charge in [-0.3, -0.25) is 0 Å². The molecular formula is C15H12O8. The van der Waals surface area contributed by atoms with E-state index in [9.17, 15) is 24.9 Å². The van der Waals surface area contributed by atoms with Crippen molar-refractivity contribution >= 4 is 5.97 Å². The van der Waals surface area contributed by atoms with E-state index in [1.54, 1.807) is 0 Å². The van der Waals surface area contributed by atoms with Gasteiger partial charge < -0.3 is 29.6 Å². The summed E-state index contributed by atoms with van der Waals surface area (Å²) in [5.41, 5.74) is -0.451. The topological polar surface area (TPSA) is 137 Å². The van der Waals surface area contributed by atoms with Gasteiger partial charge in [0.1, 0.15) is 17.2 Å². The van der Waals surface area contributed by atoms with E-state index >= 15 is 0 Å². The fourth-order valence-electron chi connectivity index (χ4n) is 2.51. The maximum Gasteiger partial charge on any atom is 0.371 e. The van der Waals surface area contributed by atoms with Crippen molar-refractivity contribution in [1.82, 2.24) is 0 Å². The number of rotatable bonds is 2. The van der Waals surface area contributed by atoms with Crippen LogP contribution in [0.3, 0.4) is 0 Å². The zero-order valence-electron chi connectivity index (χ0n) is 11.6. The van der Waals surface area contributed by atoms with Gasteiger partial charge in [-0.05, 0) is 6.07 Å². The molecule has 23 heavy (non-hydrogen) atoms. The van der Waals surface area contributed by atoms with E-state index in [-0.39, 0.29) is 29.2 Å². The van der Waals surface area contributed by atoms with E-state index < -0.39 is 29.6 Å². The lowest BCUT2D eigenvalue weighted by atomic mass is 9.94. The minimum absolute atomic E-state index is 0.00868. The van der Waals surface area contributed by atoms with Crippen LogP contribution in [0.15, 0.2) is 33.5 Å². The van der Waals surface area contributed by atoms with E-state index in [0.29, 0.717) is 5.56 Å². The predicted molar refractivity (Wildman–Crippen MR) is 74.8 cm³/mol. The molecular weight excluding hydrogens is 308 g/mol. The maximum atomic E-state index is 11.5. The fraction of sp³-hybridized carbons (Fsp3) is 0.200. The van der Waals surface area contributed by atoms with Crippen LogP contribution in [0, 0.1) is 0 Å². The van der Waals surface area contributed by atoms with Crippen molar-refractivity contribution < 1.29 is 34.4 Å². The Morgan fingerprint density at radius 2 is 1.91 bits per heavy atom. The summed E-state index contributed by atoms with van der Waals surface area (Å²) < 4.78 is 10.1. The van der Waals surface area contributed by atoms with Gasteiger partial charge in [0.05, 0.1) is 6.10 Å². The van der Waals surface area contributed by atoms with Crippen LogP contribution in [0.2, 0.25) is 0 Å². The van der Waals surface area contributed by atoms with Crippen LogP contribution in [0.25, 0.3) is 0 Å². The summed E-state index contributed by atoms with van der Waals surface area (Å²) in [5.74, 6) is -2.31. The second-order valence-electron chi connectivity index (χ2n) is 5.13. The molecule has 120 valence electrons. The highest BCUT2D eigenvalue weighted by Crippen LogP contribution is 2.41. The molecule has 2 heterocycles. The van der Waals surface area contributed by atoms with E-state index in [1.165, 1.54) is 6.07 Å². The summed E-state index contributed by atoms with van der Waals surface area (Å²) >= 11 is 0. The normalized spacial score (nSPS) is 19.7. The molecule has 0 bridgehead atoms. The molecule has 4 N–H and O–H groups in total. The van der Waals surface area contributed by atoms with Crippen molar-refractivity contribution in [2.75, 3.05) is 0 Å². The Morgan fingerprint density at radius 3 is 2.61 bits per heavy atom. The van der Waals surface area contributed by atoms with Crippen LogP contribution in [-0.2, 0) is 6.42 Å².